The first-order valence-electron chi connectivity index (χ1n) is 28.4. The summed E-state index contributed by atoms with van der Waals surface area (Å²) in [7, 11) is 0. The second-order valence-electron chi connectivity index (χ2n) is 19.5. The van der Waals surface area contributed by atoms with Crippen molar-refractivity contribution in [1.29, 1.82) is 0 Å². The van der Waals surface area contributed by atoms with E-state index in [-0.39, 0.29) is 0 Å². The molecule has 4 aromatic rings. The van der Waals surface area contributed by atoms with Crippen LogP contribution in [0.25, 0.3) is 0 Å². The molecule has 4 nitrogen and oxygen atoms in total. The maximum Gasteiger partial charge on any atom is 0.0468 e. The van der Waals surface area contributed by atoms with Crippen molar-refractivity contribution in [2.45, 2.75) is 256 Å². The van der Waals surface area contributed by atoms with Gasteiger partial charge in [0, 0.05) is 54.5 Å². The summed E-state index contributed by atoms with van der Waals surface area (Å²) in [6.45, 7) is 34.6. The molecule has 0 bridgehead atoms. The zero-order valence-electron chi connectivity index (χ0n) is 46.8. The maximum atomic E-state index is 4.52. The second kappa shape index (κ2) is 37.5. The van der Waals surface area contributed by atoms with Crippen molar-refractivity contribution in [3.63, 3.8) is 0 Å². The van der Waals surface area contributed by atoms with Crippen molar-refractivity contribution < 1.29 is 0 Å². The van der Waals surface area contributed by atoms with E-state index < -0.39 is 0 Å². The zero-order valence-corrected chi connectivity index (χ0v) is 46.8. The van der Waals surface area contributed by atoms with Crippen LogP contribution in [0.15, 0.2) is 73.6 Å². The maximum absolute atomic E-state index is 4.52. The summed E-state index contributed by atoms with van der Waals surface area (Å²) < 4.78 is 0. The van der Waals surface area contributed by atoms with Crippen molar-refractivity contribution in [3.05, 3.63) is 118 Å². The molecule has 0 N–H and O–H groups in total. The number of nitrogens with zero attached hydrogens (tertiary/aromatic N) is 4. The van der Waals surface area contributed by atoms with Crippen LogP contribution in [0, 0.1) is 23.7 Å². The van der Waals surface area contributed by atoms with E-state index in [2.05, 4.69) is 118 Å². The van der Waals surface area contributed by atoms with Crippen LogP contribution in [0.5, 0.6) is 0 Å². The Morgan fingerprint density at radius 3 is 1.61 bits per heavy atom. The quantitative estimate of drug-likeness (QED) is 0.141. The minimum absolute atomic E-state index is 0.699. The van der Waals surface area contributed by atoms with Crippen molar-refractivity contribution in [2.24, 2.45) is 23.7 Å². The molecule has 0 spiro atoms. The Kier molecular flexibility index (Phi) is 34.5. The van der Waals surface area contributed by atoms with Gasteiger partial charge in [-0.3, -0.25) is 19.9 Å². The van der Waals surface area contributed by atoms with Crippen LogP contribution in [-0.4, -0.2) is 19.9 Å². The molecule has 67 heavy (non-hydrogen) atoms. The highest BCUT2D eigenvalue weighted by atomic mass is 14.7. The lowest BCUT2D eigenvalue weighted by Crippen LogP contribution is -2.17. The molecule has 0 amide bonds. The lowest BCUT2D eigenvalue weighted by Gasteiger charge is -2.30. The van der Waals surface area contributed by atoms with Crippen molar-refractivity contribution >= 4 is 0 Å². The Balaban J connectivity index is 0.000000431. The highest BCUT2D eigenvalue weighted by Gasteiger charge is 2.26. The molecule has 4 aliphatic rings. The number of aryl methyl sites for hydroxylation is 4. The Hall–Kier alpha value is -3.40. The third-order valence-electron chi connectivity index (χ3n) is 14.2. The molecule has 0 fully saturated rings. The predicted molar refractivity (Wildman–Crippen MR) is 297 cm³/mol. The molecule has 4 heterocycles. The lowest BCUT2D eigenvalue weighted by molar-refractivity contribution is 0.369. The van der Waals surface area contributed by atoms with Crippen LogP contribution in [0.1, 0.15) is 276 Å². The Labute approximate surface area is 416 Å². The second-order valence-corrected chi connectivity index (χ2v) is 19.5. The first-order valence-corrected chi connectivity index (χ1v) is 28.4. The monoisotopic (exact) mass is 919 g/mol. The molecule has 0 aliphatic heterocycles. The van der Waals surface area contributed by atoms with E-state index in [0.29, 0.717) is 5.92 Å². The molecule has 0 radical (unpaired) electrons. The van der Waals surface area contributed by atoms with Gasteiger partial charge in [-0.25, -0.2) is 0 Å². The molecular formula is C63H106N4. The zero-order chi connectivity index (χ0) is 50.0. The molecular weight excluding hydrogens is 813 g/mol. The molecule has 378 valence electrons. The fraction of sp³-hybridized carbons (Fsp3) is 0.683. The third-order valence-corrected chi connectivity index (χ3v) is 14.2. The SMILES string of the molecule is CC.CC.CC.CC.CC(C)C1CCCc2cccnc21.CC(C)C1CCCc2cnccc21.CC(C)C1CCCc2ncccc21.CCCCCCCCC(C)C1CCCc2ccncc21. The number of unbranched alkanes of at least 4 members (excludes halogenated alkanes) is 5. The topological polar surface area (TPSA) is 51.6 Å². The van der Waals surface area contributed by atoms with Crippen molar-refractivity contribution in [2.75, 3.05) is 0 Å². The number of fused-ring (bicyclic) bond motifs is 4. The van der Waals surface area contributed by atoms with Gasteiger partial charge in [0.15, 0.2) is 0 Å². The summed E-state index contributed by atoms with van der Waals surface area (Å²) >= 11 is 0. The molecule has 4 heteroatoms. The highest BCUT2D eigenvalue weighted by molar-refractivity contribution is 5.31. The number of rotatable bonds is 11. The van der Waals surface area contributed by atoms with Gasteiger partial charge in [0.2, 0.25) is 0 Å². The van der Waals surface area contributed by atoms with E-state index in [1.54, 1.807) is 16.7 Å². The molecule has 5 atom stereocenters. The molecule has 0 saturated carbocycles. The number of aromatic nitrogens is 4. The largest absolute Gasteiger partial charge is 0.264 e. The Morgan fingerprint density at radius 2 is 0.955 bits per heavy atom. The fourth-order valence-electron chi connectivity index (χ4n) is 10.7. The van der Waals surface area contributed by atoms with E-state index in [9.17, 15) is 0 Å². The molecule has 8 rings (SSSR count). The van der Waals surface area contributed by atoms with Gasteiger partial charge in [0.25, 0.3) is 0 Å². The average Bonchev–Trinajstić information content (AvgIpc) is 3.39. The number of hydrogen-bond donors (Lipinski definition) is 0. The predicted octanol–water partition coefficient (Wildman–Crippen LogP) is 19.5. The summed E-state index contributed by atoms with van der Waals surface area (Å²) in [4.78, 5) is 17.5. The first kappa shape index (κ1) is 61.6. The van der Waals surface area contributed by atoms with Crippen LogP contribution < -0.4 is 0 Å². The van der Waals surface area contributed by atoms with Crippen LogP contribution in [-0.2, 0) is 25.7 Å². The average molecular weight is 920 g/mol. The van der Waals surface area contributed by atoms with Crippen LogP contribution in [0.3, 0.4) is 0 Å². The molecule has 0 aromatic carbocycles. The van der Waals surface area contributed by atoms with Crippen LogP contribution >= 0.6 is 0 Å². The molecule has 5 unspecified atom stereocenters. The first-order chi connectivity index (χ1) is 32.7. The van der Waals surface area contributed by atoms with E-state index in [0.717, 1.165) is 41.4 Å². The van der Waals surface area contributed by atoms with Crippen LogP contribution in [0.2, 0.25) is 0 Å². The van der Waals surface area contributed by atoms with E-state index >= 15 is 0 Å². The Bertz CT molecular complexity index is 1630. The van der Waals surface area contributed by atoms with Gasteiger partial charge in [0.05, 0.1) is 0 Å². The Morgan fingerprint density at radius 1 is 0.448 bits per heavy atom. The number of hydrogen-bond acceptors (Lipinski definition) is 4. The van der Waals surface area contributed by atoms with Gasteiger partial charge >= 0.3 is 0 Å². The number of pyridine rings is 4. The van der Waals surface area contributed by atoms with Gasteiger partial charge in [-0.1, -0.05) is 168 Å². The summed E-state index contributed by atoms with van der Waals surface area (Å²) in [5.74, 6) is 6.06. The highest BCUT2D eigenvalue weighted by Crippen LogP contribution is 2.39. The van der Waals surface area contributed by atoms with Gasteiger partial charge in [0.1, 0.15) is 0 Å². The minimum atomic E-state index is 0.699. The smallest absolute Gasteiger partial charge is 0.0468 e. The standard InChI is InChI=1S/C19H31N.3C12H17N.4C2H6/c1-3-4-5-6-7-8-10-16(2)18-12-9-11-17-13-14-20-15-19(17)18;1-9(2)10-5-3-7-12-11(10)6-4-8-13-12;1-9(2)11-7-3-5-10-6-4-8-13-12(10)11;1-9(2)11-5-3-4-10-8-13-7-6-12(10)11;4*1-2/h13-16,18H,3-12H2,1-2H3;4,6,8-10H,3,5,7H2,1-2H3;4,6,8-9,11H,3,5,7H2,1-2H3;6-9,11H,3-5H2,1-2H3;4*1-2H3. The summed E-state index contributed by atoms with van der Waals surface area (Å²) in [6.07, 6.45) is 37.4. The molecule has 4 aliphatic carbocycles. The third kappa shape index (κ3) is 21.0. The summed E-state index contributed by atoms with van der Waals surface area (Å²) in [5, 5.41) is 0. The van der Waals surface area contributed by atoms with E-state index in [1.165, 1.54) is 150 Å². The van der Waals surface area contributed by atoms with Crippen LogP contribution in [0.4, 0.5) is 0 Å². The van der Waals surface area contributed by atoms with Gasteiger partial charge in [-0.05, 0) is 176 Å². The van der Waals surface area contributed by atoms with Crippen molar-refractivity contribution in [3.8, 4) is 0 Å². The van der Waals surface area contributed by atoms with Gasteiger partial charge in [-0.2, -0.15) is 0 Å². The summed E-state index contributed by atoms with van der Waals surface area (Å²) in [5.41, 5.74) is 11.8. The van der Waals surface area contributed by atoms with E-state index in [1.807, 2.05) is 86.4 Å². The van der Waals surface area contributed by atoms with Gasteiger partial charge in [-0.15, -0.1) is 0 Å². The minimum Gasteiger partial charge on any atom is -0.264 e. The molecule has 4 aromatic heterocycles. The summed E-state index contributed by atoms with van der Waals surface area (Å²) in [6, 6.07) is 13.1. The lowest BCUT2D eigenvalue weighted by atomic mass is 9.75. The van der Waals surface area contributed by atoms with E-state index in [4.69, 9.17) is 0 Å². The van der Waals surface area contributed by atoms with Gasteiger partial charge < -0.3 is 0 Å². The fourth-order valence-corrected chi connectivity index (χ4v) is 10.7. The van der Waals surface area contributed by atoms with Crippen molar-refractivity contribution in [1.82, 2.24) is 19.9 Å². The molecule has 0 saturated heterocycles. The normalized spacial score (nSPS) is 18.8.